The third-order valence-electron chi connectivity index (χ3n) is 1.91. The SMILES string of the molecule is Cc1ccc(S(=O)(=O)Cl)c(C=O)c1C#N. The smallest absolute Gasteiger partial charge is 0.262 e. The largest absolute Gasteiger partial charge is 0.298 e. The number of carbonyl (C=O) groups excluding carboxylic acids is 1. The molecule has 0 aliphatic heterocycles. The van der Waals surface area contributed by atoms with E-state index in [-0.39, 0.29) is 16.0 Å². The van der Waals surface area contributed by atoms with Crippen LogP contribution in [0, 0.1) is 18.3 Å². The highest BCUT2D eigenvalue weighted by atomic mass is 35.7. The molecule has 0 fully saturated rings. The van der Waals surface area contributed by atoms with Crippen molar-refractivity contribution in [3.05, 3.63) is 28.8 Å². The van der Waals surface area contributed by atoms with Crippen molar-refractivity contribution in [1.82, 2.24) is 0 Å². The van der Waals surface area contributed by atoms with Crippen molar-refractivity contribution in [2.45, 2.75) is 11.8 Å². The fourth-order valence-corrected chi connectivity index (χ4v) is 2.23. The molecule has 6 heteroatoms. The number of nitrogens with zero attached hydrogens (tertiary/aromatic N) is 1. The molecule has 1 aromatic carbocycles. The Kier molecular flexibility index (Phi) is 3.12. The van der Waals surface area contributed by atoms with Crippen LogP contribution in [-0.2, 0) is 9.05 Å². The van der Waals surface area contributed by atoms with E-state index in [1.54, 1.807) is 13.0 Å². The zero-order valence-electron chi connectivity index (χ0n) is 7.69. The number of hydrogen-bond donors (Lipinski definition) is 0. The Hall–Kier alpha value is -1.38. The van der Waals surface area contributed by atoms with E-state index in [1.807, 2.05) is 0 Å². The zero-order valence-corrected chi connectivity index (χ0v) is 9.26. The third kappa shape index (κ3) is 2.17. The highest BCUT2D eigenvalue weighted by Crippen LogP contribution is 2.23. The number of hydrogen-bond acceptors (Lipinski definition) is 4. The van der Waals surface area contributed by atoms with E-state index in [1.165, 1.54) is 12.1 Å². The highest BCUT2D eigenvalue weighted by Gasteiger charge is 2.19. The average Bonchev–Trinajstić information content (AvgIpc) is 2.15. The Bertz CT molecular complexity index is 557. The normalized spacial score (nSPS) is 10.7. The van der Waals surface area contributed by atoms with E-state index in [0.29, 0.717) is 11.8 Å². The monoisotopic (exact) mass is 243 g/mol. The van der Waals surface area contributed by atoms with Gasteiger partial charge >= 0.3 is 0 Å². The molecule has 0 heterocycles. The van der Waals surface area contributed by atoms with Gasteiger partial charge in [0.05, 0.1) is 16.0 Å². The summed E-state index contributed by atoms with van der Waals surface area (Å²) < 4.78 is 22.2. The van der Waals surface area contributed by atoms with Crippen molar-refractivity contribution in [2.24, 2.45) is 0 Å². The van der Waals surface area contributed by atoms with Crippen LogP contribution in [-0.4, -0.2) is 14.7 Å². The maximum absolute atomic E-state index is 11.1. The van der Waals surface area contributed by atoms with E-state index < -0.39 is 9.05 Å². The summed E-state index contributed by atoms with van der Waals surface area (Å²) in [6.45, 7) is 1.61. The number of aldehydes is 1. The molecule has 78 valence electrons. The Morgan fingerprint density at radius 3 is 2.47 bits per heavy atom. The zero-order chi connectivity index (χ0) is 11.6. The summed E-state index contributed by atoms with van der Waals surface area (Å²) in [6, 6.07) is 4.41. The summed E-state index contributed by atoms with van der Waals surface area (Å²) in [5.74, 6) is 0. The molecule has 0 atom stereocenters. The first kappa shape index (κ1) is 11.7. The molecule has 0 aliphatic rings. The van der Waals surface area contributed by atoms with Gasteiger partial charge in [-0.2, -0.15) is 5.26 Å². The maximum atomic E-state index is 11.1. The minimum atomic E-state index is -4.01. The van der Waals surface area contributed by atoms with Gasteiger partial charge in [0.2, 0.25) is 0 Å². The standard InChI is InChI=1S/C9H6ClNO3S/c1-6-2-3-9(15(10,13)14)8(5-12)7(6)4-11/h2-3,5H,1H3. The number of carbonyl (C=O) groups is 1. The summed E-state index contributed by atoms with van der Waals surface area (Å²) in [5.41, 5.74) is 0.378. The molecule has 0 aromatic heterocycles. The third-order valence-corrected chi connectivity index (χ3v) is 3.29. The lowest BCUT2D eigenvalue weighted by Crippen LogP contribution is -2.01. The fourth-order valence-electron chi connectivity index (χ4n) is 1.19. The molecular weight excluding hydrogens is 238 g/mol. The number of aryl methyl sites for hydroxylation is 1. The molecule has 1 aromatic rings. The van der Waals surface area contributed by atoms with Crippen molar-refractivity contribution < 1.29 is 13.2 Å². The number of benzene rings is 1. The Morgan fingerprint density at radius 2 is 2.07 bits per heavy atom. The molecule has 0 bridgehead atoms. The first-order chi connectivity index (χ1) is 6.91. The van der Waals surface area contributed by atoms with Crippen molar-refractivity contribution in [3.8, 4) is 6.07 Å². The van der Waals surface area contributed by atoms with Crippen molar-refractivity contribution in [3.63, 3.8) is 0 Å². The van der Waals surface area contributed by atoms with E-state index in [2.05, 4.69) is 0 Å². The number of rotatable bonds is 2. The minimum absolute atomic E-state index is 0.0340. The van der Waals surface area contributed by atoms with Gasteiger partial charge in [-0.25, -0.2) is 8.42 Å². The predicted octanol–water partition coefficient (Wildman–Crippen LogP) is 1.61. The van der Waals surface area contributed by atoms with Gasteiger partial charge in [0.1, 0.15) is 6.07 Å². The fraction of sp³-hybridized carbons (Fsp3) is 0.111. The van der Waals surface area contributed by atoms with E-state index in [4.69, 9.17) is 15.9 Å². The molecule has 0 N–H and O–H groups in total. The van der Waals surface area contributed by atoms with Crippen LogP contribution in [0.4, 0.5) is 0 Å². The first-order valence-corrected chi connectivity index (χ1v) is 6.16. The van der Waals surface area contributed by atoms with Gasteiger partial charge in [-0.1, -0.05) is 6.07 Å². The van der Waals surface area contributed by atoms with Gasteiger partial charge in [0.15, 0.2) is 6.29 Å². The molecule has 0 radical (unpaired) electrons. The van der Waals surface area contributed by atoms with E-state index >= 15 is 0 Å². The molecular formula is C9H6ClNO3S. The highest BCUT2D eigenvalue weighted by molar-refractivity contribution is 8.13. The van der Waals surface area contributed by atoms with Crippen LogP contribution in [0.15, 0.2) is 17.0 Å². The maximum Gasteiger partial charge on any atom is 0.262 e. The van der Waals surface area contributed by atoms with Crippen molar-refractivity contribution in [2.75, 3.05) is 0 Å². The average molecular weight is 244 g/mol. The van der Waals surface area contributed by atoms with E-state index in [0.717, 1.165) is 0 Å². The summed E-state index contributed by atoms with van der Waals surface area (Å²) in [4.78, 5) is 10.4. The molecule has 0 spiro atoms. The Morgan fingerprint density at radius 1 is 1.47 bits per heavy atom. The predicted molar refractivity (Wildman–Crippen MR) is 54.3 cm³/mol. The van der Waals surface area contributed by atoms with Crippen molar-refractivity contribution >= 4 is 26.0 Å². The summed E-state index contributed by atoms with van der Waals surface area (Å²) in [5, 5.41) is 8.77. The van der Waals surface area contributed by atoms with Crippen LogP contribution >= 0.6 is 10.7 Å². The molecule has 1 rings (SSSR count). The second kappa shape index (κ2) is 4.01. The quantitative estimate of drug-likeness (QED) is 0.584. The van der Waals surface area contributed by atoms with Crippen LogP contribution in [0.25, 0.3) is 0 Å². The molecule has 0 aliphatic carbocycles. The Balaban J connectivity index is 3.74. The van der Waals surface area contributed by atoms with Crippen LogP contribution in [0.5, 0.6) is 0 Å². The van der Waals surface area contributed by atoms with Gasteiger partial charge in [-0.05, 0) is 18.6 Å². The number of halogens is 1. The number of nitriles is 1. The van der Waals surface area contributed by atoms with Crippen molar-refractivity contribution in [1.29, 1.82) is 5.26 Å². The summed E-state index contributed by atoms with van der Waals surface area (Å²) >= 11 is 0. The molecule has 0 unspecified atom stereocenters. The van der Waals surface area contributed by atoms with Gasteiger partial charge in [0, 0.05) is 10.7 Å². The van der Waals surface area contributed by atoms with Crippen LogP contribution in [0.3, 0.4) is 0 Å². The molecule has 4 nitrogen and oxygen atoms in total. The summed E-state index contributed by atoms with van der Waals surface area (Å²) in [6.07, 6.45) is 0.320. The molecule has 0 amide bonds. The van der Waals surface area contributed by atoms with Gasteiger partial charge in [-0.3, -0.25) is 4.79 Å². The van der Waals surface area contributed by atoms with Crippen LogP contribution < -0.4 is 0 Å². The minimum Gasteiger partial charge on any atom is -0.298 e. The second-order valence-electron chi connectivity index (χ2n) is 2.84. The van der Waals surface area contributed by atoms with Gasteiger partial charge in [0.25, 0.3) is 9.05 Å². The lowest BCUT2D eigenvalue weighted by atomic mass is 10.0. The van der Waals surface area contributed by atoms with Gasteiger partial charge in [-0.15, -0.1) is 0 Å². The Labute approximate surface area is 91.5 Å². The second-order valence-corrected chi connectivity index (χ2v) is 5.37. The lowest BCUT2D eigenvalue weighted by molar-refractivity contribution is 0.112. The molecule has 15 heavy (non-hydrogen) atoms. The van der Waals surface area contributed by atoms with E-state index in [9.17, 15) is 13.2 Å². The van der Waals surface area contributed by atoms with Crippen LogP contribution in [0.2, 0.25) is 0 Å². The lowest BCUT2D eigenvalue weighted by Gasteiger charge is -2.04. The summed E-state index contributed by atoms with van der Waals surface area (Å²) in [7, 11) is 1.12. The topological polar surface area (TPSA) is 75.0 Å². The first-order valence-electron chi connectivity index (χ1n) is 3.85. The van der Waals surface area contributed by atoms with Gasteiger partial charge < -0.3 is 0 Å². The molecule has 0 saturated carbocycles. The molecule has 0 saturated heterocycles. The van der Waals surface area contributed by atoms with Crippen LogP contribution in [0.1, 0.15) is 21.5 Å².